The Labute approximate surface area is 100 Å². The third kappa shape index (κ3) is 2.22. The summed E-state index contributed by atoms with van der Waals surface area (Å²) in [5, 5.41) is 0. The summed E-state index contributed by atoms with van der Waals surface area (Å²) in [6.45, 7) is 0. The first-order valence-corrected chi connectivity index (χ1v) is 5.05. The standard InChI is InChI=1S/C12H9F3N2O/c13-12(14,15)17-10(6-9(16)7-11(17)18)8-4-2-1-3-5-8/h1-7H,16H2. The SMILES string of the molecule is Nc1cc(-c2ccccc2)n(C(F)(F)F)c(=O)c1. The maximum atomic E-state index is 12.8. The molecule has 94 valence electrons. The monoisotopic (exact) mass is 254 g/mol. The van der Waals surface area contributed by atoms with Gasteiger partial charge >= 0.3 is 6.30 Å². The number of alkyl halides is 3. The molecule has 0 aliphatic carbocycles. The van der Waals surface area contributed by atoms with Crippen LogP contribution in [0, 0.1) is 0 Å². The summed E-state index contributed by atoms with van der Waals surface area (Å²) in [4.78, 5) is 11.4. The van der Waals surface area contributed by atoms with Crippen molar-refractivity contribution in [3.8, 4) is 11.3 Å². The van der Waals surface area contributed by atoms with Gasteiger partial charge in [-0.15, -0.1) is 13.2 Å². The third-order valence-corrected chi connectivity index (χ3v) is 2.38. The average molecular weight is 254 g/mol. The van der Waals surface area contributed by atoms with Gasteiger partial charge in [-0.2, -0.15) is 0 Å². The summed E-state index contributed by atoms with van der Waals surface area (Å²) in [6.07, 6.45) is -4.78. The second-order valence-corrected chi connectivity index (χ2v) is 3.68. The van der Waals surface area contributed by atoms with Gasteiger partial charge in [0.25, 0.3) is 5.56 Å². The molecule has 0 atom stereocenters. The molecule has 0 aliphatic rings. The minimum absolute atomic E-state index is 0.000599. The van der Waals surface area contributed by atoms with E-state index < -0.39 is 11.9 Å². The highest BCUT2D eigenvalue weighted by Crippen LogP contribution is 2.28. The molecule has 0 saturated carbocycles. The molecule has 0 spiro atoms. The first-order chi connectivity index (χ1) is 8.39. The lowest BCUT2D eigenvalue weighted by molar-refractivity contribution is -0.204. The van der Waals surface area contributed by atoms with Gasteiger partial charge in [-0.1, -0.05) is 30.3 Å². The van der Waals surface area contributed by atoms with E-state index in [0.29, 0.717) is 0 Å². The summed E-state index contributed by atoms with van der Waals surface area (Å²) in [5.74, 6) is 0. The topological polar surface area (TPSA) is 48.0 Å². The molecule has 0 bridgehead atoms. The minimum atomic E-state index is -4.78. The number of rotatable bonds is 1. The molecule has 0 unspecified atom stereocenters. The molecule has 6 heteroatoms. The number of hydrogen-bond acceptors (Lipinski definition) is 2. The van der Waals surface area contributed by atoms with Crippen molar-refractivity contribution in [2.24, 2.45) is 0 Å². The fourth-order valence-corrected chi connectivity index (χ4v) is 1.67. The maximum Gasteiger partial charge on any atom is 0.491 e. The predicted molar refractivity (Wildman–Crippen MR) is 61.8 cm³/mol. The average Bonchev–Trinajstić information content (AvgIpc) is 2.27. The smallest absolute Gasteiger partial charge is 0.399 e. The van der Waals surface area contributed by atoms with Crippen LogP contribution in [0.4, 0.5) is 18.9 Å². The number of halogens is 3. The number of aromatic nitrogens is 1. The van der Waals surface area contributed by atoms with Crippen molar-refractivity contribution in [3.05, 3.63) is 52.8 Å². The zero-order valence-corrected chi connectivity index (χ0v) is 9.11. The van der Waals surface area contributed by atoms with Gasteiger partial charge in [0.2, 0.25) is 0 Å². The van der Waals surface area contributed by atoms with E-state index in [-0.39, 0.29) is 21.5 Å². The summed E-state index contributed by atoms with van der Waals surface area (Å²) >= 11 is 0. The van der Waals surface area contributed by atoms with Crippen molar-refractivity contribution in [3.63, 3.8) is 0 Å². The van der Waals surface area contributed by atoms with E-state index in [2.05, 4.69) is 0 Å². The van der Waals surface area contributed by atoms with Crippen molar-refractivity contribution in [1.82, 2.24) is 4.57 Å². The Morgan fingerprint density at radius 2 is 1.67 bits per heavy atom. The van der Waals surface area contributed by atoms with Crippen LogP contribution in [0.1, 0.15) is 0 Å². The number of anilines is 1. The Morgan fingerprint density at radius 3 is 2.22 bits per heavy atom. The number of benzene rings is 1. The Morgan fingerprint density at radius 1 is 1.06 bits per heavy atom. The summed E-state index contributed by atoms with van der Waals surface area (Å²) < 4.78 is 38.3. The summed E-state index contributed by atoms with van der Waals surface area (Å²) in [7, 11) is 0. The second kappa shape index (κ2) is 4.21. The molecule has 2 N–H and O–H groups in total. The number of nitrogens with zero attached hydrogens (tertiary/aromatic N) is 1. The molecular formula is C12H9F3N2O. The minimum Gasteiger partial charge on any atom is -0.399 e. The van der Waals surface area contributed by atoms with E-state index in [1.807, 2.05) is 0 Å². The van der Waals surface area contributed by atoms with Crippen molar-refractivity contribution >= 4 is 5.69 Å². The van der Waals surface area contributed by atoms with E-state index in [1.165, 1.54) is 12.1 Å². The number of pyridine rings is 1. The van der Waals surface area contributed by atoms with Crippen molar-refractivity contribution < 1.29 is 13.2 Å². The normalized spacial score (nSPS) is 11.5. The van der Waals surface area contributed by atoms with Crippen LogP contribution in [0.2, 0.25) is 0 Å². The predicted octanol–water partition coefficient (Wildman–Crippen LogP) is 2.57. The van der Waals surface area contributed by atoms with E-state index in [4.69, 9.17) is 5.73 Å². The highest BCUT2D eigenvalue weighted by molar-refractivity contribution is 5.63. The molecule has 1 heterocycles. The van der Waals surface area contributed by atoms with Crippen LogP contribution in [0.15, 0.2) is 47.3 Å². The van der Waals surface area contributed by atoms with Gasteiger partial charge in [-0.3, -0.25) is 4.79 Å². The van der Waals surface area contributed by atoms with Crippen LogP contribution in [-0.4, -0.2) is 4.57 Å². The zero-order chi connectivity index (χ0) is 13.3. The molecule has 0 aliphatic heterocycles. The molecule has 0 radical (unpaired) electrons. The highest BCUT2D eigenvalue weighted by Gasteiger charge is 2.34. The van der Waals surface area contributed by atoms with Gasteiger partial charge in [0, 0.05) is 11.8 Å². The fourth-order valence-electron chi connectivity index (χ4n) is 1.67. The van der Waals surface area contributed by atoms with Gasteiger partial charge in [0.1, 0.15) is 0 Å². The quantitative estimate of drug-likeness (QED) is 0.850. The molecule has 0 saturated heterocycles. The molecule has 0 amide bonds. The lowest BCUT2D eigenvalue weighted by Crippen LogP contribution is -2.31. The molecule has 2 rings (SSSR count). The molecule has 1 aromatic carbocycles. The Kier molecular flexibility index (Phi) is 2.86. The van der Waals surface area contributed by atoms with Crippen LogP contribution < -0.4 is 11.3 Å². The van der Waals surface area contributed by atoms with E-state index in [9.17, 15) is 18.0 Å². The molecule has 18 heavy (non-hydrogen) atoms. The number of hydrogen-bond donors (Lipinski definition) is 1. The van der Waals surface area contributed by atoms with Crippen LogP contribution in [0.5, 0.6) is 0 Å². The van der Waals surface area contributed by atoms with E-state index in [0.717, 1.165) is 12.1 Å². The van der Waals surface area contributed by atoms with Crippen LogP contribution in [0.3, 0.4) is 0 Å². The molecular weight excluding hydrogens is 245 g/mol. The molecule has 0 fully saturated rings. The Hall–Kier alpha value is -2.24. The van der Waals surface area contributed by atoms with Gasteiger partial charge in [-0.05, 0) is 11.6 Å². The van der Waals surface area contributed by atoms with Crippen LogP contribution in [0.25, 0.3) is 11.3 Å². The lowest BCUT2D eigenvalue weighted by Gasteiger charge is -2.16. The largest absolute Gasteiger partial charge is 0.491 e. The Bertz CT molecular complexity index is 617. The molecule has 2 aromatic rings. The fraction of sp³-hybridized carbons (Fsp3) is 0.0833. The number of nitrogens with two attached hydrogens (primary N) is 1. The lowest BCUT2D eigenvalue weighted by atomic mass is 10.1. The highest BCUT2D eigenvalue weighted by atomic mass is 19.4. The maximum absolute atomic E-state index is 12.8. The first kappa shape index (κ1) is 12.2. The molecule has 1 aromatic heterocycles. The number of nitrogen functional groups attached to an aromatic ring is 1. The van der Waals surface area contributed by atoms with Crippen LogP contribution >= 0.6 is 0 Å². The zero-order valence-electron chi connectivity index (χ0n) is 9.11. The summed E-state index contributed by atoms with van der Waals surface area (Å²) in [6, 6.07) is 9.69. The second-order valence-electron chi connectivity index (χ2n) is 3.68. The van der Waals surface area contributed by atoms with Gasteiger partial charge in [0.15, 0.2) is 0 Å². The van der Waals surface area contributed by atoms with E-state index in [1.54, 1.807) is 18.2 Å². The summed E-state index contributed by atoms with van der Waals surface area (Å²) in [5.41, 5.74) is 4.24. The third-order valence-electron chi connectivity index (χ3n) is 2.38. The Balaban J connectivity index is 2.78. The van der Waals surface area contributed by atoms with Crippen molar-refractivity contribution in [2.75, 3.05) is 5.73 Å². The van der Waals surface area contributed by atoms with Gasteiger partial charge < -0.3 is 5.73 Å². The van der Waals surface area contributed by atoms with Crippen LogP contribution in [-0.2, 0) is 6.30 Å². The van der Waals surface area contributed by atoms with Crippen molar-refractivity contribution in [1.29, 1.82) is 0 Å². The van der Waals surface area contributed by atoms with Crippen molar-refractivity contribution in [2.45, 2.75) is 6.30 Å². The van der Waals surface area contributed by atoms with Gasteiger partial charge in [0.05, 0.1) is 5.69 Å². The van der Waals surface area contributed by atoms with Gasteiger partial charge in [-0.25, -0.2) is 4.57 Å². The first-order valence-electron chi connectivity index (χ1n) is 5.05. The van der Waals surface area contributed by atoms with E-state index >= 15 is 0 Å². The molecule has 3 nitrogen and oxygen atoms in total.